The average Bonchev–Trinajstić information content (AvgIpc) is 3.17. The number of aryl methyl sites for hydroxylation is 1. The third-order valence-electron chi connectivity index (χ3n) is 4.63. The van der Waals surface area contributed by atoms with Crippen LogP contribution in [0, 0.1) is 6.92 Å². The Morgan fingerprint density at radius 2 is 1.57 bits per heavy atom. The molecule has 0 saturated heterocycles. The third kappa shape index (κ3) is 2.87. The molecule has 0 spiro atoms. The SMILES string of the molecule is Cc1c(C(=O)COC(=O)CN2C(=O)c3ccccc3C2=O)oc2ccccc12. The maximum Gasteiger partial charge on any atom is 0.326 e. The standard InChI is InChI=1S/C21H15NO6/c1-12-13-6-4-5-9-17(13)28-19(12)16(23)11-27-18(24)10-22-20(25)14-7-2-3-8-15(14)21(22)26/h2-9H,10-11H2,1H3. The van der Waals surface area contributed by atoms with E-state index in [1.807, 2.05) is 12.1 Å². The van der Waals surface area contributed by atoms with Gasteiger partial charge in [-0.25, -0.2) is 0 Å². The number of imide groups is 1. The summed E-state index contributed by atoms with van der Waals surface area (Å²) in [6.45, 7) is 0.654. The van der Waals surface area contributed by atoms with Crippen molar-refractivity contribution in [2.24, 2.45) is 0 Å². The van der Waals surface area contributed by atoms with Crippen LogP contribution in [0.15, 0.2) is 52.9 Å². The summed E-state index contributed by atoms with van der Waals surface area (Å²) in [6, 6.07) is 13.5. The number of hydrogen-bond donors (Lipinski definition) is 0. The lowest BCUT2D eigenvalue weighted by Gasteiger charge is -2.12. The van der Waals surface area contributed by atoms with E-state index < -0.39 is 36.7 Å². The molecule has 1 aromatic heterocycles. The van der Waals surface area contributed by atoms with Crippen molar-refractivity contribution >= 4 is 34.5 Å². The maximum absolute atomic E-state index is 12.4. The lowest BCUT2D eigenvalue weighted by Crippen LogP contribution is -2.36. The van der Waals surface area contributed by atoms with Gasteiger partial charge >= 0.3 is 5.97 Å². The summed E-state index contributed by atoms with van der Waals surface area (Å²) in [6.07, 6.45) is 0. The molecular formula is C21H15NO6. The van der Waals surface area contributed by atoms with Gasteiger partial charge in [-0.1, -0.05) is 30.3 Å². The van der Waals surface area contributed by atoms with E-state index in [9.17, 15) is 19.2 Å². The minimum atomic E-state index is -0.850. The Balaban J connectivity index is 1.41. The number of hydrogen-bond acceptors (Lipinski definition) is 6. The van der Waals surface area contributed by atoms with Crippen molar-refractivity contribution in [1.82, 2.24) is 4.90 Å². The summed E-state index contributed by atoms with van der Waals surface area (Å²) >= 11 is 0. The number of rotatable bonds is 5. The minimum absolute atomic E-state index is 0.120. The number of furan rings is 1. The lowest BCUT2D eigenvalue weighted by molar-refractivity contribution is -0.142. The summed E-state index contributed by atoms with van der Waals surface area (Å²) in [5.74, 6) is -2.34. The highest BCUT2D eigenvalue weighted by atomic mass is 16.5. The van der Waals surface area contributed by atoms with E-state index in [1.165, 1.54) is 12.1 Å². The minimum Gasteiger partial charge on any atom is -0.456 e. The van der Waals surface area contributed by atoms with Crippen molar-refractivity contribution in [1.29, 1.82) is 0 Å². The lowest BCUT2D eigenvalue weighted by atomic mass is 10.1. The first kappa shape index (κ1) is 17.7. The van der Waals surface area contributed by atoms with Gasteiger partial charge in [0, 0.05) is 10.9 Å². The van der Waals surface area contributed by atoms with E-state index in [2.05, 4.69) is 0 Å². The molecule has 0 unspecified atom stereocenters. The predicted molar refractivity (Wildman–Crippen MR) is 98.0 cm³/mol. The van der Waals surface area contributed by atoms with Crippen molar-refractivity contribution in [3.63, 3.8) is 0 Å². The van der Waals surface area contributed by atoms with Crippen molar-refractivity contribution in [2.75, 3.05) is 13.2 Å². The van der Waals surface area contributed by atoms with Gasteiger partial charge in [-0.05, 0) is 25.1 Å². The number of amides is 2. The first-order valence-electron chi connectivity index (χ1n) is 8.59. The number of carbonyl (C=O) groups is 4. The van der Waals surface area contributed by atoms with Gasteiger partial charge < -0.3 is 9.15 Å². The van der Waals surface area contributed by atoms with Crippen LogP contribution in [0.2, 0.25) is 0 Å². The van der Waals surface area contributed by atoms with Gasteiger partial charge in [0.25, 0.3) is 11.8 Å². The zero-order valence-electron chi connectivity index (χ0n) is 14.9. The second-order valence-electron chi connectivity index (χ2n) is 6.38. The zero-order chi connectivity index (χ0) is 19.8. The Morgan fingerprint density at radius 3 is 2.21 bits per heavy atom. The highest BCUT2D eigenvalue weighted by Crippen LogP contribution is 2.25. The Morgan fingerprint density at radius 1 is 0.964 bits per heavy atom. The number of ether oxygens (including phenoxy) is 1. The van der Waals surface area contributed by atoms with E-state index in [1.54, 1.807) is 31.2 Å². The van der Waals surface area contributed by atoms with E-state index in [0.717, 1.165) is 10.3 Å². The molecule has 0 radical (unpaired) electrons. The number of nitrogens with zero attached hydrogens (tertiary/aromatic N) is 1. The summed E-state index contributed by atoms with van der Waals surface area (Å²) in [5.41, 5.74) is 1.72. The molecule has 2 amide bonds. The van der Waals surface area contributed by atoms with Crippen LogP contribution in [0.3, 0.4) is 0 Å². The smallest absolute Gasteiger partial charge is 0.326 e. The van der Waals surface area contributed by atoms with E-state index in [4.69, 9.17) is 9.15 Å². The summed E-state index contributed by atoms with van der Waals surface area (Å²) in [4.78, 5) is 49.8. The molecule has 28 heavy (non-hydrogen) atoms. The molecule has 140 valence electrons. The van der Waals surface area contributed by atoms with E-state index >= 15 is 0 Å². The van der Waals surface area contributed by atoms with Crippen LogP contribution in [-0.4, -0.2) is 41.6 Å². The molecular weight excluding hydrogens is 362 g/mol. The van der Waals surface area contributed by atoms with E-state index in [-0.39, 0.29) is 16.9 Å². The van der Waals surface area contributed by atoms with Crippen LogP contribution < -0.4 is 0 Å². The fourth-order valence-corrected chi connectivity index (χ4v) is 3.21. The Labute approximate surface area is 159 Å². The van der Waals surface area contributed by atoms with Gasteiger partial charge in [0.15, 0.2) is 12.4 Å². The first-order chi connectivity index (χ1) is 13.5. The number of para-hydroxylation sites is 1. The molecule has 0 atom stereocenters. The Bertz CT molecular complexity index is 1110. The molecule has 1 aliphatic heterocycles. The second kappa shape index (κ2) is 6.77. The van der Waals surface area contributed by atoms with Gasteiger partial charge in [0.2, 0.25) is 5.78 Å². The first-order valence-corrected chi connectivity index (χ1v) is 8.59. The second-order valence-corrected chi connectivity index (χ2v) is 6.38. The Hall–Kier alpha value is -3.74. The maximum atomic E-state index is 12.4. The van der Waals surface area contributed by atoms with Gasteiger partial charge in [0.05, 0.1) is 11.1 Å². The van der Waals surface area contributed by atoms with Gasteiger partial charge in [-0.2, -0.15) is 0 Å². The summed E-state index contributed by atoms with van der Waals surface area (Å²) in [7, 11) is 0. The molecule has 2 aromatic carbocycles. The number of Topliss-reactive ketones (excluding diaryl/α,β-unsaturated/α-hetero) is 1. The Kier molecular flexibility index (Phi) is 4.27. The van der Waals surface area contributed by atoms with Gasteiger partial charge in [0.1, 0.15) is 12.1 Å². The largest absolute Gasteiger partial charge is 0.456 e. The van der Waals surface area contributed by atoms with Crippen LogP contribution in [0.25, 0.3) is 11.0 Å². The van der Waals surface area contributed by atoms with Crippen molar-refractivity contribution in [2.45, 2.75) is 6.92 Å². The monoisotopic (exact) mass is 377 g/mol. The molecule has 0 aliphatic carbocycles. The van der Waals surface area contributed by atoms with Gasteiger partial charge in [-0.15, -0.1) is 0 Å². The highest BCUT2D eigenvalue weighted by molar-refractivity contribution is 6.22. The van der Waals surface area contributed by atoms with Crippen LogP contribution in [-0.2, 0) is 9.53 Å². The van der Waals surface area contributed by atoms with Crippen molar-refractivity contribution in [3.8, 4) is 0 Å². The molecule has 4 rings (SSSR count). The fourth-order valence-electron chi connectivity index (χ4n) is 3.21. The van der Waals surface area contributed by atoms with Crippen LogP contribution in [0.4, 0.5) is 0 Å². The summed E-state index contributed by atoms with van der Waals surface area (Å²) < 4.78 is 10.5. The molecule has 1 aliphatic rings. The fraction of sp³-hybridized carbons (Fsp3) is 0.143. The number of benzene rings is 2. The number of esters is 1. The van der Waals surface area contributed by atoms with Crippen LogP contribution in [0.5, 0.6) is 0 Å². The number of ketones is 1. The normalized spacial score (nSPS) is 13.1. The molecule has 0 bridgehead atoms. The molecule has 0 fully saturated rings. The van der Waals surface area contributed by atoms with Gasteiger partial charge in [-0.3, -0.25) is 24.1 Å². The number of fused-ring (bicyclic) bond motifs is 2. The molecule has 0 N–H and O–H groups in total. The number of carbonyl (C=O) groups excluding carboxylic acids is 4. The third-order valence-corrected chi connectivity index (χ3v) is 4.63. The quantitative estimate of drug-likeness (QED) is 0.386. The molecule has 3 aromatic rings. The molecule has 2 heterocycles. The molecule has 7 nitrogen and oxygen atoms in total. The van der Waals surface area contributed by atoms with E-state index in [0.29, 0.717) is 11.1 Å². The summed E-state index contributed by atoms with van der Waals surface area (Å²) in [5, 5.41) is 0.809. The van der Waals surface area contributed by atoms with Crippen molar-refractivity contribution < 1.29 is 28.3 Å². The van der Waals surface area contributed by atoms with Crippen LogP contribution >= 0.6 is 0 Å². The predicted octanol–water partition coefficient (Wildman–Crippen LogP) is 2.76. The zero-order valence-corrected chi connectivity index (χ0v) is 14.9. The molecule has 0 saturated carbocycles. The highest BCUT2D eigenvalue weighted by Gasteiger charge is 2.36. The van der Waals surface area contributed by atoms with Crippen molar-refractivity contribution in [3.05, 3.63) is 71.0 Å². The topological polar surface area (TPSA) is 93.9 Å². The molecule has 7 heteroatoms. The average molecular weight is 377 g/mol. The van der Waals surface area contributed by atoms with Crippen LogP contribution in [0.1, 0.15) is 36.8 Å².